The fraction of sp³-hybridized carbons (Fsp3) is 0.333. The Labute approximate surface area is 125 Å². The molecule has 3 rings (SSSR count). The highest BCUT2D eigenvalue weighted by atomic mass is 16.4. The van der Waals surface area contributed by atoms with E-state index in [-0.39, 0.29) is 17.9 Å². The van der Waals surface area contributed by atoms with Crippen LogP contribution < -0.4 is 5.43 Å². The van der Waals surface area contributed by atoms with Gasteiger partial charge in [0.2, 0.25) is 11.3 Å². The number of carbonyl (C=O) groups excluding carboxylic acids is 1. The summed E-state index contributed by atoms with van der Waals surface area (Å²) in [7, 11) is 0. The Morgan fingerprint density at radius 3 is 2.86 bits per heavy atom. The van der Waals surface area contributed by atoms with Crippen molar-refractivity contribution in [3.63, 3.8) is 0 Å². The van der Waals surface area contributed by atoms with E-state index in [1.165, 1.54) is 15.8 Å². The second-order valence-corrected chi connectivity index (χ2v) is 5.27. The van der Waals surface area contributed by atoms with Crippen molar-refractivity contribution in [1.29, 1.82) is 0 Å². The van der Waals surface area contributed by atoms with Crippen LogP contribution in [0.3, 0.4) is 0 Å². The standard InChI is InChI=1S/C15H15N3O4/c19-13-8-16-18(11-5-2-1-4-10(11)13)9-14(20)17-7-3-6-12(17)15(21)22/h1-2,4-5,8,12H,3,6-7,9H2,(H,21,22)/t12-/m1/s1. The lowest BCUT2D eigenvalue weighted by Gasteiger charge is -2.22. The molecule has 1 atom stereocenters. The van der Waals surface area contributed by atoms with E-state index in [1.54, 1.807) is 24.3 Å². The van der Waals surface area contributed by atoms with Crippen LogP contribution in [0.5, 0.6) is 0 Å². The van der Waals surface area contributed by atoms with Crippen molar-refractivity contribution in [3.8, 4) is 0 Å². The molecule has 0 radical (unpaired) electrons. The number of aromatic nitrogens is 2. The Morgan fingerprint density at radius 2 is 2.09 bits per heavy atom. The van der Waals surface area contributed by atoms with Gasteiger partial charge in [0.1, 0.15) is 12.6 Å². The lowest BCUT2D eigenvalue weighted by molar-refractivity contribution is -0.148. The Morgan fingerprint density at radius 1 is 1.32 bits per heavy atom. The van der Waals surface area contributed by atoms with Crippen LogP contribution >= 0.6 is 0 Å². The number of carbonyl (C=O) groups is 2. The first-order valence-corrected chi connectivity index (χ1v) is 7.05. The molecule has 0 saturated carbocycles. The zero-order valence-electron chi connectivity index (χ0n) is 11.8. The predicted molar refractivity (Wildman–Crippen MR) is 78.4 cm³/mol. The third kappa shape index (κ3) is 2.45. The first-order valence-electron chi connectivity index (χ1n) is 7.05. The number of amides is 1. The molecular formula is C15H15N3O4. The van der Waals surface area contributed by atoms with Gasteiger partial charge in [-0.15, -0.1) is 0 Å². The second kappa shape index (κ2) is 5.59. The number of hydrogen-bond acceptors (Lipinski definition) is 4. The number of nitrogens with zero attached hydrogens (tertiary/aromatic N) is 3. The molecular weight excluding hydrogens is 286 g/mol. The molecule has 1 aromatic heterocycles. The van der Waals surface area contributed by atoms with Gasteiger partial charge in [0.15, 0.2) is 0 Å². The van der Waals surface area contributed by atoms with Crippen molar-refractivity contribution in [2.75, 3.05) is 6.54 Å². The number of para-hydroxylation sites is 1. The van der Waals surface area contributed by atoms with Crippen LogP contribution in [-0.2, 0) is 16.1 Å². The van der Waals surface area contributed by atoms with Gasteiger partial charge in [-0.25, -0.2) is 4.79 Å². The van der Waals surface area contributed by atoms with Gasteiger partial charge < -0.3 is 10.0 Å². The molecule has 1 saturated heterocycles. The van der Waals surface area contributed by atoms with Crippen molar-refractivity contribution in [3.05, 3.63) is 40.7 Å². The molecule has 114 valence electrons. The van der Waals surface area contributed by atoms with E-state index in [0.717, 1.165) is 0 Å². The lowest BCUT2D eigenvalue weighted by Crippen LogP contribution is -2.42. The topological polar surface area (TPSA) is 92.5 Å². The molecule has 1 amide bonds. The predicted octanol–water partition coefficient (Wildman–Crippen LogP) is 0.472. The molecule has 7 heteroatoms. The third-order valence-corrected chi connectivity index (χ3v) is 3.91. The normalized spacial score (nSPS) is 17.8. The molecule has 0 bridgehead atoms. The van der Waals surface area contributed by atoms with Crippen LogP contribution in [0.4, 0.5) is 0 Å². The number of fused-ring (bicyclic) bond motifs is 1. The minimum absolute atomic E-state index is 0.0788. The van der Waals surface area contributed by atoms with Crippen LogP contribution in [0.25, 0.3) is 10.9 Å². The highest BCUT2D eigenvalue weighted by Crippen LogP contribution is 2.18. The van der Waals surface area contributed by atoms with E-state index in [1.807, 2.05) is 0 Å². The first-order chi connectivity index (χ1) is 10.6. The lowest BCUT2D eigenvalue weighted by atomic mass is 10.2. The minimum atomic E-state index is -0.983. The van der Waals surface area contributed by atoms with Crippen LogP contribution in [-0.4, -0.2) is 44.3 Å². The number of carboxylic acid groups (broad SMARTS) is 1. The molecule has 0 unspecified atom stereocenters. The summed E-state index contributed by atoms with van der Waals surface area (Å²) in [6, 6.07) is 6.14. The molecule has 1 aliphatic rings. The molecule has 1 aromatic carbocycles. The summed E-state index contributed by atoms with van der Waals surface area (Å²) in [5, 5.41) is 13.6. The number of carboxylic acids is 1. The monoisotopic (exact) mass is 301 g/mol. The number of benzene rings is 1. The van der Waals surface area contributed by atoms with E-state index in [9.17, 15) is 14.4 Å². The summed E-state index contributed by atoms with van der Waals surface area (Å²) in [6.45, 7) is 0.360. The van der Waals surface area contributed by atoms with Crippen LogP contribution in [0.15, 0.2) is 35.3 Å². The zero-order valence-corrected chi connectivity index (χ0v) is 11.8. The maximum atomic E-state index is 12.4. The van der Waals surface area contributed by atoms with E-state index in [2.05, 4.69) is 5.10 Å². The molecule has 0 spiro atoms. The quantitative estimate of drug-likeness (QED) is 0.889. The largest absolute Gasteiger partial charge is 0.480 e. The van der Waals surface area contributed by atoms with Crippen LogP contribution in [0, 0.1) is 0 Å². The SMILES string of the molecule is O=C(O)[C@H]1CCCN1C(=O)Cn1ncc(=O)c2ccccc21. The molecule has 0 aliphatic carbocycles. The fourth-order valence-corrected chi connectivity index (χ4v) is 2.83. The zero-order chi connectivity index (χ0) is 15.7. The minimum Gasteiger partial charge on any atom is -0.480 e. The highest BCUT2D eigenvalue weighted by Gasteiger charge is 2.33. The molecule has 2 heterocycles. The Hall–Kier alpha value is -2.70. The van der Waals surface area contributed by atoms with Crippen LogP contribution in [0.2, 0.25) is 0 Å². The molecule has 7 nitrogen and oxygen atoms in total. The van der Waals surface area contributed by atoms with E-state index in [4.69, 9.17) is 5.11 Å². The smallest absolute Gasteiger partial charge is 0.326 e. The average molecular weight is 301 g/mol. The van der Waals surface area contributed by atoms with Gasteiger partial charge in [-0.2, -0.15) is 5.10 Å². The Kier molecular flexibility index (Phi) is 3.62. The molecule has 1 aliphatic heterocycles. The molecule has 2 aromatic rings. The summed E-state index contributed by atoms with van der Waals surface area (Å²) in [4.78, 5) is 36.7. The van der Waals surface area contributed by atoms with Crippen molar-refractivity contribution in [2.45, 2.75) is 25.4 Å². The van der Waals surface area contributed by atoms with Crippen molar-refractivity contribution >= 4 is 22.8 Å². The maximum absolute atomic E-state index is 12.4. The summed E-state index contributed by atoms with van der Waals surface area (Å²) < 4.78 is 1.44. The summed E-state index contributed by atoms with van der Waals surface area (Å²) in [5.74, 6) is -1.28. The van der Waals surface area contributed by atoms with Crippen molar-refractivity contribution in [2.24, 2.45) is 0 Å². The van der Waals surface area contributed by atoms with Gasteiger partial charge in [0.05, 0.1) is 11.7 Å². The van der Waals surface area contributed by atoms with E-state index >= 15 is 0 Å². The molecule has 1 N–H and O–H groups in total. The number of rotatable bonds is 3. The Bertz CT molecular complexity index is 799. The number of aliphatic carboxylic acids is 1. The molecule has 1 fully saturated rings. The van der Waals surface area contributed by atoms with Crippen molar-refractivity contribution in [1.82, 2.24) is 14.7 Å². The average Bonchev–Trinajstić information content (AvgIpc) is 3.00. The third-order valence-electron chi connectivity index (χ3n) is 3.91. The second-order valence-electron chi connectivity index (χ2n) is 5.27. The van der Waals surface area contributed by atoms with Crippen LogP contribution in [0.1, 0.15) is 12.8 Å². The summed E-state index contributed by atoms with van der Waals surface area (Å²) in [5.41, 5.74) is 0.360. The maximum Gasteiger partial charge on any atom is 0.326 e. The summed E-state index contributed by atoms with van der Waals surface area (Å²) in [6.07, 6.45) is 2.33. The summed E-state index contributed by atoms with van der Waals surface area (Å²) >= 11 is 0. The first kappa shape index (κ1) is 14.2. The number of hydrogen-bond donors (Lipinski definition) is 1. The van der Waals surface area contributed by atoms with Gasteiger partial charge in [-0.1, -0.05) is 12.1 Å². The van der Waals surface area contributed by atoms with Gasteiger partial charge in [-0.05, 0) is 25.0 Å². The van der Waals surface area contributed by atoms with E-state index in [0.29, 0.717) is 30.3 Å². The molecule has 22 heavy (non-hydrogen) atoms. The van der Waals surface area contributed by atoms with Gasteiger partial charge in [0.25, 0.3) is 0 Å². The highest BCUT2D eigenvalue weighted by molar-refractivity contribution is 5.85. The van der Waals surface area contributed by atoms with Gasteiger partial charge in [-0.3, -0.25) is 14.3 Å². The number of likely N-dealkylation sites (tertiary alicyclic amines) is 1. The Balaban J connectivity index is 1.90. The fourth-order valence-electron chi connectivity index (χ4n) is 2.83. The van der Waals surface area contributed by atoms with Gasteiger partial charge in [0, 0.05) is 11.9 Å². The van der Waals surface area contributed by atoms with Gasteiger partial charge >= 0.3 is 5.97 Å². The van der Waals surface area contributed by atoms with Crippen molar-refractivity contribution < 1.29 is 14.7 Å². The van der Waals surface area contributed by atoms with E-state index < -0.39 is 12.0 Å².